The average Bonchev–Trinajstić information content (AvgIpc) is 3.37. The minimum atomic E-state index is -0.331. The van der Waals surface area contributed by atoms with Crippen molar-refractivity contribution >= 4 is 0 Å². The molecule has 6 rings (SSSR count). The summed E-state index contributed by atoms with van der Waals surface area (Å²) < 4.78 is 25.4. The maximum atomic E-state index is 6.55. The third-order valence-electron chi connectivity index (χ3n) is 10.1. The highest BCUT2D eigenvalue weighted by atomic mass is 16.7. The molecule has 4 nitrogen and oxygen atoms in total. The van der Waals surface area contributed by atoms with E-state index in [1.807, 2.05) is 0 Å². The molecule has 2 spiro atoms. The smallest absolute Gasteiger partial charge is 0.172 e. The molecule has 0 bridgehead atoms. The number of rotatable bonds is 0. The Bertz CT molecular complexity index is 607. The highest BCUT2D eigenvalue weighted by Crippen LogP contribution is 2.70. The van der Waals surface area contributed by atoms with Gasteiger partial charge in [-0.15, -0.1) is 0 Å². The van der Waals surface area contributed by atoms with E-state index >= 15 is 0 Å². The van der Waals surface area contributed by atoms with E-state index in [4.69, 9.17) is 18.9 Å². The van der Waals surface area contributed by atoms with Gasteiger partial charge in [-0.1, -0.05) is 20.3 Å². The Labute approximate surface area is 163 Å². The first kappa shape index (κ1) is 17.7. The second-order valence-corrected chi connectivity index (χ2v) is 11.1. The van der Waals surface area contributed by atoms with Gasteiger partial charge in [0, 0.05) is 25.2 Å². The van der Waals surface area contributed by atoms with Crippen molar-refractivity contribution in [2.24, 2.45) is 34.5 Å². The van der Waals surface area contributed by atoms with Crippen LogP contribution in [0.3, 0.4) is 0 Å². The third kappa shape index (κ3) is 2.30. The van der Waals surface area contributed by atoms with Crippen LogP contribution in [-0.2, 0) is 18.9 Å². The van der Waals surface area contributed by atoms with Gasteiger partial charge in [0.15, 0.2) is 11.6 Å². The second kappa shape index (κ2) is 5.71. The Morgan fingerprint density at radius 3 is 2.22 bits per heavy atom. The Morgan fingerprint density at radius 1 is 0.704 bits per heavy atom. The molecule has 6 unspecified atom stereocenters. The molecule has 4 heteroatoms. The summed E-state index contributed by atoms with van der Waals surface area (Å²) in [6.07, 6.45) is 11.3. The molecule has 2 aliphatic heterocycles. The van der Waals surface area contributed by atoms with Crippen LogP contribution in [0.2, 0.25) is 0 Å². The van der Waals surface area contributed by atoms with Crippen molar-refractivity contribution in [1.29, 1.82) is 0 Å². The molecule has 6 fully saturated rings. The zero-order valence-electron chi connectivity index (χ0n) is 17.1. The number of hydrogen-bond acceptors (Lipinski definition) is 4. The molecule has 0 aromatic rings. The summed E-state index contributed by atoms with van der Waals surface area (Å²) in [5, 5.41) is 0. The minimum Gasteiger partial charge on any atom is -0.348 e. The molecule has 152 valence electrons. The van der Waals surface area contributed by atoms with Crippen molar-refractivity contribution in [2.75, 3.05) is 26.4 Å². The van der Waals surface area contributed by atoms with Crippen LogP contribution in [0, 0.1) is 34.5 Å². The molecular formula is C23H36O4. The van der Waals surface area contributed by atoms with Crippen molar-refractivity contribution in [3.05, 3.63) is 0 Å². The largest absolute Gasteiger partial charge is 0.348 e. The summed E-state index contributed by atoms with van der Waals surface area (Å²) in [6.45, 7) is 8.22. The maximum Gasteiger partial charge on any atom is 0.172 e. The van der Waals surface area contributed by atoms with Crippen LogP contribution in [0.1, 0.15) is 71.6 Å². The van der Waals surface area contributed by atoms with Crippen LogP contribution >= 0.6 is 0 Å². The molecular weight excluding hydrogens is 340 g/mol. The van der Waals surface area contributed by atoms with Crippen LogP contribution in [-0.4, -0.2) is 38.0 Å². The Kier molecular flexibility index (Phi) is 3.74. The zero-order valence-corrected chi connectivity index (χ0v) is 17.1. The van der Waals surface area contributed by atoms with E-state index in [0.29, 0.717) is 22.7 Å². The quantitative estimate of drug-likeness (QED) is 0.623. The first-order chi connectivity index (χ1) is 13.0. The van der Waals surface area contributed by atoms with Crippen molar-refractivity contribution in [2.45, 2.75) is 83.2 Å². The lowest BCUT2D eigenvalue weighted by Crippen LogP contribution is -2.64. The van der Waals surface area contributed by atoms with Gasteiger partial charge in [-0.05, 0) is 60.7 Å². The lowest BCUT2D eigenvalue weighted by atomic mass is 9.43. The van der Waals surface area contributed by atoms with Crippen molar-refractivity contribution < 1.29 is 18.9 Å². The van der Waals surface area contributed by atoms with Crippen LogP contribution in [0.15, 0.2) is 0 Å². The fourth-order valence-electron chi connectivity index (χ4n) is 8.67. The summed E-state index contributed by atoms with van der Waals surface area (Å²) in [5.41, 5.74) is 0.899. The highest BCUT2D eigenvalue weighted by Gasteiger charge is 2.68. The fraction of sp³-hybridized carbons (Fsp3) is 1.00. The molecule has 2 heterocycles. The van der Waals surface area contributed by atoms with Gasteiger partial charge >= 0.3 is 0 Å². The van der Waals surface area contributed by atoms with Gasteiger partial charge in [-0.2, -0.15) is 0 Å². The molecule has 2 saturated heterocycles. The first-order valence-corrected chi connectivity index (χ1v) is 11.5. The maximum absolute atomic E-state index is 6.55. The van der Waals surface area contributed by atoms with E-state index in [1.165, 1.54) is 38.5 Å². The van der Waals surface area contributed by atoms with E-state index in [-0.39, 0.29) is 11.6 Å². The Morgan fingerprint density at radius 2 is 1.44 bits per heavy atom. The van der Waals surface area contributed by atoms with E-state index in [2.05, 4.69) is 13.8 Å². The first-order valence-electron chi connectivity index (χ1n) is 11.5. The predicted molar refractivity (Wildman–Crippen MR) is 101 cm³/mol. The summed E-state index contributed by atoms with van der Waals surface area (Å²) in [6, 6.07) is 0. The number of hydrogen-bond donors (Lipinski definition) is 0. The number of ether oxygens (including phenoxy) is 4. The number of fused-ring (bicyclic) bond motifs is 6. The van der Waals surface area contributed by atoms with E-state index < -0.39 is 0 Å². The highest BCUT2D eigenvalue weighted by molar-refractivity contribution is 5.14. The zero-order chi connectivity index (χ0) is 18.3. The molecule has 0 aromatic heterocycles. The Hall–Kier alpha value is -0.160. The van der Waals surface area contributed by atoms with Crippen LogP contribution < -0.4 is 0 Å². The molecule has 0 amide bonds. The normalized spacial score (nSPS) is 52.7. The van der Waals surface area contributed by atoms with Crippen LogP contribution in [0.25, 0.3) is 0 Å². The molecule has 6 aliphatic rings. The fourth-order valence-corrected chi connectivity index (χ4v) is 8.67. The lowest BCUT2D eigenvalue weighted by molar-refractivity contribution is -0.314. The SMILES string of the molecule is CC12CCCC1C1C(CC2)C2(C)CCC3(CC2CC12OCCO2)OCCO3. The van der Waals surface area contributed by atoms with E-state index in [1.54, 1.807) is 0 Å². The molecule has 0 N–H and O–H groups in total. The summed E-state index contributed by atoms with van der Waals surface area (Å²) in [5.74, 6) is 2.03. The van der Waals surface area contributed by atoms with Gasteiger partial charge in [-0.25, -0.2) is 0 Å². The van der Waals surface area contributed by atoms with Gasteiger partial charge in [0.1, 0.15) is 0 Å². The second-order valence-electron chi connectivity index (χ2n) is 11.1. The van der Waals surface area contributed by atoms with Gasteiger partial charge in [0.05, 0.1) is 26.4 Å². The van der Waals surface area contributed by atoms with Crippen molar-refractivity contribution in [3.8, 4) is 0 Å². The third-order valence-corrected chi connectivity index (χ3v) is 10.1. The lowest BCUT2D eigenvalue weighted by Gasteiger charge is -2.65. The van der Waals surface area contributed by atoms with Crippen molar-refractivity contribution in [1.82, 2.24) is 0 Å². The van der Waals surface area contributed by atoms with Gasteiger partial charge in [0.25, 0.3) is 0 Å². The molecule has 4 saturated carbocycles. The molecule has 0 radical (unpaired) electrons. The average molecular weight is 377 g/mol. The van der Waals surface area contributed by atoms with E-state index in [9.17, 15) is 0 Å². The topological polar surface area (TPSA) is 36.9 Å². The van der Waals surface area contributed by atoms with Gasteiger partial charge in [0.2, 0.25) is 0 Å². The summed E-state index contributed by atoms with van der Waals surface area (Å²) >= 11 is 0. The predicted octanol–water partition coefficient (Wildman–Crippen LogP) is 4.52. The standard InChI is InChI=1S/C23H36O4/c1-20-6-3-4-17(20)19-18(5-7-20)21(2)8-9-22(24-10-11-25-22)14-16(21)15-23(19)26-12-13-27-23/h16-19H,3-15H2,1-2H3. The minimum absolute atomic E-state index is 0.312. The molecule has 0 aromatic carbocycles. The van der Waals surface area contributed by atoms with Crippen molar-refractivity contribution in [3.63, 3.8) is 0 Å². The summed E-state index contributed by atoms with van der Waals surface area (Å²) in [4.78, 5) is 0. The monoisotopic (exact) mass is 376 g/mol. The van der Waals surface area contributed by atoms with Crippen LogP contribution in [0.5, 0.6) is 0 Å². The molecule has 6 atom stereocenters. The van der Waals surface area contributed by atoms with E-state index in [0.717, 1.165) is 57.5 Å². The summed E-state index contributed by atoms with van der Waals surface area (Å²) in [7, 11) is 0. The van der Waals surface area contributed by atoms with Gasteiger partial charge in [-0.3, -0.25) is 0 Å². The Balaban J connectivity index is 1.40. The van der Waals surface area contributed by atoms with Crippen LogP contribution in [0.4, 0.5) is 0 Å². The van der Waals surface area contributed by atoms with Gasteiger partial charge < -0.3 is 18.9 Å². The molecule has 27 heavy (non-hydrogen) atoms. The molecule has 4 aliphatic carbocycles.